The number of piperidine rings is 1. The summed E-state index contributed by atoms with van der Waals surface area (Å²) in [5.74, 6) is 0.0965. The molecule has 4 heterocycles. The van der Waals surface area contributed by atoms with Gasteiger partial charge in [0.1, 0.15) is 5.65 Å². The van der Waals surface area contributed by atoms with Crippen molar-refractivity contribution in [3.05, 3.63) is 35.8 Å². The van der Waals surface area contributed by atoms with Gasteiger partial charge in [-0.2, -0.15) is 0 Å². The molecule has 3 N–H and O–H groups in total. The molecule has 0 saturated carbocycles. The number of fused-ring (bicyclic) bond motifs is 1. The molecule has 0 aliphatic carbocycles. The number of aromatic nitrogens is 2. The van der Waals surface area contributed by atoms with E-state index in [1.54, 1.807) is 0 Å². The van der Waals surface area contributed by atoms with Gasteiger partial charge >= 0.3 is 0 Å². The number of aryl methyl sites for hydroxylation is 1. The average Bonchev–Trinajstić information content (AvgIpc) is 3.19. The van der Waals surface area contributed by atoms with Crippen LogP contribution < -0.4 is 16.0 Å². The van der Waals surface area contributed by atoms with E-state index < -0.39 is 0 Å². The van der Waals surface area contributed by atoms with Crippen LogP contribution in [0.25, 0.3) is 5.65 Å². The number of hydrogen-bond acceptors (Lipinski definition) is 4. The third-order valence-electron chi connectivity index (χ3n) is 5.53. The molecule has 0 radical (unpaired) electrons. The van der Waals surface area contributed by atoms with Crippen LogP contribution in [0.2, 0.25) is 0 Å². The molecule has 1 unspecified atom stereocenters. The Morgan fingerprint density at radius 3 is 3.04 bits per heavy atom. The molecule has 2 aliphatic rings. The van der Waals surface area contributed by atoms with Crippen molar-refractivity contribution >= 4 is 11.6 Å². The topological polar surface area (TPSA) is 70.5 Å². The van der Waals surface area contributed by atoms with Gasteiger partial charge < -0.3 is 20.4 Å². The molecule has 2 aromatic rings. The average molecular weight is 327 g/mol. The van der Waals surface area contributed by atoms with E-state index in [4.69, 9.17) is 0 Å². The first-order valence-corrected chi connectivity index (χ1v) is 8.81. The van der Waals surface area contributed by atoms with Crippen molar-refractivity contribution in [2.45, 2.75) is 38.8 Å². The van der Waals surface area contributed by atoms with Crippen LogP contribution >= 0.6 is 0 Å². The second-order valence-electron chi connectivity index (χ2n) is 7.23. The van der Waals surface area contributed by atoms with Gasteiger partial charge in [0.05, 0.1) is 18.3 Å². The van der Waals surface area contributed by atoms with E-state index in [2.05, 4.69) is 38.3 Å². The van der Waals surface area contributed by atoms with E-state index in [-0.39, 0.29) is 11.9 Å². The maximum Gasteiger partial charge on any atom is 0.237 e. The Bertz CT molecular complexity index is 747. The predicted molar refractivity (Wildman–Crippen MR) is 92.7 cm³/mol. The van der Waals surface area contributed by atoms with E-state index in [1.165, 1.54) is 0 Å². The molecule has 6 nitrogen and oxygen atoms in total. The zero-order valence-electron chi connectivity index (χ0n) is 14.1. The van der Waals surface area contributed by atoms with Gasteiger partial charge in [-0.1, -0.05) is 6.07 Å². The van der Waals surface area contributed by atoms with Crippen LogP contribution in [0, 0.1) is 12.3 Å². The summed E-state index contributed by atoms with van der Waals surface area (Å²) in [6.45, 7) is 5.62. The van der Waals surface area contributed by atoms with Crippen LogP contribution in [0.15, 0.2) is 24.4 Å². The molecule has 2 saturated heterocycles. The van der Waals surface area contributed by atoms with Crippen molar-refractivity contribution in [2.24, 2.45) is 5.41 Å². The van der Waals surface area contributed by atoms with Crippen molar-refractivity contribution in [2.75, 3.05) is 19.6 Å². The van der Waals surface area contributed by atoms with Crippen LogP contribution in [-0.4, -0.2) is 41.0 Å². The second-order valence-corrected chi connectivity index (χ2v) is 7.23. The molecule has 1 atom stereocenters. The number of nitrogens with one attached hydrogen (secondary N) is 3. The summed E-state index contributed by atoms with van der Waals surface area (Å²) in [7, 11) is 0. The van der Waals surface area contributed by atoms with Gasteiger partial charge in [0.15, 0.2) is 0 Å². The minimum Gasteiger partial charge on any atom is -0.349 e. The van der Waals surface area contributed by atoms with Crippen LogP contribution in [0.1, 0.15) is 30.7 Å². The number of hydrogen-bond donors (Lipinski definition) is 3. The SMILES string of the molecule is Cc1cccc2nc(CNC(=O)C3CC4(CCNCC4)CN3)cn12. The first kappa shape index (κ1) is 15.6. The predicted octanol–water partition coefficient (Wildman–Crippen LogP) is 0.991. The van der Waals surface area contributed by atoms with Gasteiger partial charge in [0.2, 0.25) is 5.91 Å². The maximum atomic E-state index is 12.5. The van der Waals surface area contributed by atoms with Crippen molar-refractivity contribution in [3.8, 4) is 0 Å². The summed E-state index contributed by atoms with van der Waals surface area (Å²) in [4.78, 5) is 17.1. The second kappa shape index (κ2) is 6.18. The summed E-state index contributed by atoms with van der Waals surface area (Å²) >= 11 is 0. The van der Waals surface area contributed by atoms with Gasteiger partial charge in [0.25, 0.3) is 0 Å². The minimum absolute atomic E-state index is 0.0677. The van der Waals surface area contributed by atoms with Crippen LogP contribution in [0.5, 0.6) is 0 Å². The number of amides is 1. The van der Waals surface area contributed by atoms with Gasteiger partial charge in [-0.05, 0) is 56.8 Å². The Morgan fingerprint density at radius 2 is 2.25 bits per heavy atom. The fourth-order valence-corrected chi connectivity index (χ4v) is 4.03. The lowest BCUT2D eigenvalue weighted by Crippen LogP contribution is -2.40. The third-order valence-corrected chi connectivity index (χ3v) is 5.53. The Morgan fingerprint density at radius 1 is 1.42 bits per heavy atom. The Hall–Kier alpha value is -1.92. The molecule has 4 rings (SSSR count). The van der Waals surface area contributed by atoms with Crippen LogP contribution in [-0.2, 0) is 11.3 Å². The Kier molecular flexibility index (Phi) is 4.02. The monoisotopic (exact) mass is 327 g/mol. The highest BCUT2D eigenvalue weighted by atomic mass is 16.2. The molecular weight excluding hydrogens is 302 g/mol. The molecule has 2 fully saturated rings. The van der Waals surface area contributed by atoms with Gasteiger partial charge in [-0.3, -0.25) is 4.79 Å². The van der Waals surface area contributed by atoms with E-state index in [9.17, 15) is 4.79 Å². The number of carbonyl (C=O) groups excluding carboxylic acids is 1. The normalized spacial score (nSPS) is 23.0. The summed E-state index contributed by atoms with van der Waals surface area (Å²) in [5, 5.41) is 9.88. The molecule has 1 spiro atoms. The lowest BCUT2D eigenvalue weighted by Gasteiger charge is -2.33. The molecular formula is C18H25N5O. The molecule has 2 aliphatic heterocycles. The Balaban J connectivity index is 1.37. The number of imidazole rings is 1. The molecule has 24 heavy (non-hydrogen) atoms. The largest absolute Gasteiger partial charge is 0.349 e. The molecule has 0 aromatic carbocycles. The summed E-state index contributed by atoms with van der Waals surface area (Å²) < 4.78 is 2.05. The first-order chi connectivity index (χ1) is 11.7. The standard InChI is InChI=1S/C18H25N5O/c1-13-3-2-4-16-22-14(11-23(13)16)10-20-17(24)15-9-18(12-21-15)5-7-19-8-6-18/h2-4,11,15,19,21H,5-10,12H2,1H3,(H,20,24). The Labute approximate surface area is 142 Å². The number of pyridine rings is 1. The first-order valence-electron chi connectivity index (χ1n) is 8.81. The summed E-state index contributed by atoms with van der Waals surface area (Å²) in [6.07, 6.45) is 5.27. The molecule has 6 heteroatoms. The minimum atomic E-state index is -0.0677. The molecule has 128 valence electrons. The van der Waals surface area contributed by atoms with Gasteiger partial charge in [-0.15, -0.1) is 0 Å². The smallest absolute Gasteiger partial charge is 0.237 e. The van der Waals surface area contributed by atoms with Crippen molar-refractivity contribution in [1.82, 2.24) is 25.3 Å². The van der Waals surface area contributed by atoms with Crippen molar-refractivity contribution < 1.29 is 4.79 Å². The van der Waals surface area contributed by atoms with E-state index >= 15 is 0 Å². The van der Waals surface area contributed by atoms with Gasteiger partial charge in [0, 0.05) is 18.4 Å². The van der Waals surface area contributed by atoms with Gasteiger partial charge in [-0.25, -0.2) is 4.98 Å². The van der Waals surface area contributed by atoms with Crippen molar-refractivity contribution in [1.29, 1.82) is 0 Å². The maximum absolute atomic E-state index is 12.5. The van der Waals surface area contributed by atoms with Crippen LogP contribution in [0.4, 0.5) is 0 Å². The lowest BCUT2D eigenvalue weighted by molar-refractivity contribution is -0.123. The molecule has 2 aromatic heterocycles. The molecule has 1 amide bonds. The van der Waals surface area contributed by atoms with Crippen LogP contribution in [0.3, 0.4) is 0 Å². The fraction of sp³-hybridized carbons (Fsp3) is 0.556. The van der Waals surface area contributed by atoms with Crippen molar-refractivity contribution in [3.63, 3.8) is 0 Å². The fourth-order valence-electron chi connectivity index (χ4n) is 4.03. The zero-order valence-corrected chi connectivity index (χ0v) is 14.1. The highest BCUT2D eigenvalue weighted by Crippen LogP contribution is 2.37. The van der Waals surface area contributed by atoms with E-state index in [0.29, 0.717) is 12.0 Å². The zero-order chi connectivity index (χ0) is 16.6. The van der Waals surface area contributed by atoms with E-state index in [1.807, 2.05) is 18.3 Å². The summed E-state index contributed by atoms with van der Waals surface area (Å²) in [5.41, 5.74) is 3.27. The highest BCUT2D eigenvalue weighted by Gasteiger charge is 2.41. The third kappa shape index (κ3) is 2.91. The highest BCUT2D eigenvalue weighted by molar-refractivity contribution is 5.82. The number of carbonyl (C=O) groups is 1. The van der Waals surface area contributed by atoms with E-state index in [0.717, 1.165) is 55.9 Å². The number of nitrogens with zero attached hydrogens (tertiary/aromatic N) is 2. The molecule has 0 bridgehead atoms. The number of rotatable bonds is 3. The lowest BCUT2D eigenvalue weighted by atomic mass is 9.77. The quantitative estimate of drug-likeness (QED) is 0.786. The summed E-state index contributed by atoms with van der Waals surface area (Å²) in [6, 6.07) is 5.97.